The van der Waals surface area contributed by atoms with Gasteiger partial charge in [0.1, 0.15) is 12.4 Å². The highest BCUT2D eigenvalue weighted by Crippen LogP contribution is 2.25. The maximum Gasteiger partial charge on any atom is 0.256 e. The second kappa shape index (κ2) is 10.6. The Morgan fingerprint density at radius 1 is 0.970 bits per heavy atom. The molecule has 0 spiro atoms. The summed E-state index contributed by atoms with van der Waals surface area (Å²) in [7, 11) is 0. The van der Waals surface area contributed by atoms with Crippen LogP contribution in [0.5, 0.6) is 5.75 Å². The van der Waals surface area contributed by atoms with Gasteiger partial charge in [-0.05, 0) is 69.5 Å². The summed E-state index contributed by atoms with van der Waals surface area (Å²) in [6.45, 7) is 0.847. The SMILES string of the molecule is O=C(Nc1nn(Cc2ccc(Cl)c(Cl)c2)cc1Br)c1ccc(COc2cccc(Cl)c2)cc1. The van der Waals surface area contributed by atoms with Gasteiger partial charge < -0.3 is 10.1 Å². The lowest BCUT2D eigenvalue weighted by Gasteiger charge is -2.08. The lowest BCUT2D eigenvalue weighted by atomic mass is 10.1. The topological polar surface area (TPSA) is 56.2 Å². The smallest absolute Gasteiger partial charge is 0.256 e. The zero-order valence-electron chi connectivity index (χ0n) is 17.1. The maximum atomic E-state index is 12.7. The van der Waals surface area contributed by atoms with Gasteiger partial charge in [-0.3, -0.25) is 9.48 Å². The van der Waals surface area contributed by atoms with Crippen molar-refractivity contribution >= 4 is 62.5 Å². The molecule has 4 aromatic rings. The first-order valence-corrected chi connectivity index (χ1v) is 11.8. The number of nitrogens with zero attached hydrogens (tertiary/aromatic N) is 2. The van der Waals surface area contributed by atoms with Gasteiger partial charge >= 0.3 is 0 Å². The molecular formula is C24H17BrCl3N3O2. The van der Waals surface area contributed by atoms with Crippen molar-refractivity contribution in [3.05, 3.63) is 109 Å². The molecule has 33 heavy (non-hydrogen) atoms. The fourth-order valence-corrected chi connectivity index (χ4v) is 3.96. The van der Waals surface area contributed by atoms with Gasteiger partial charge in [0.2, 0.25) is 0 Å². The summed E-state index contributed by atoms with van der Waals surface area (Å²) < 4.78 is 8.10. The number of rotatable bonds is 7. The van der Waals surface area contributed by atoms with E-state index in [0.29, 0.717) is 49.8 Å². The van der Waals surface area contributed by atoms with Gasteiger partial charge in [-0.25, -0.2) is 0 Å². The van der Waals surface area contributed by atoms with E-state index in [0.717, 1.165) is 11.1 Å². The summed E-state index contributed by atoms with van der Waals surface area (Å²) in [4.78, 5) is 12.7. The third kappa shape index (κ3) is 6.30. The van der Waals surface area contributed by atoms with Crippen molar-refractivity contribution in [2.24, 2.45) is 0 Å². The van der Waals surface area contributed by atoms with Crippen LogP contribution in [0.1, 0.15) is 21.5 Å². The highest BCUT2D eigenvalue weighted by Gasteiger charge is 2.13. The average molecular weight is 566 g/mol. The molecule has 4 rings (SSSR count). The van der Waals surface area contributed by atoms with E-state index in [1.165, 1.54) is 0 Å². The number of ether oxygens (including phenoxy) is 1. The van der Waals surface area contributed by atoms with Crippen LogP contribution in [0.25, 0.3) is 0 Å². The normalized spacial score (nSPS) is 10.8. The first-order chi connectivity index (χ1) is 15.9. The second-order valence-corrected chi connectivity index (χ2v) is 9.27. The van der Waals surface area contributed by atoms with Crippen molar-refractivity contribution in [2.75, 3.05) is 5.32 Å². The Kier molecular flexibility index (Phi) is 7.60. The van der Waals surface area contributed by atoms with E-state index in [-0.39, 0.29) is 5.91 Å². The largest absolute Gasteiger partial charge is 0.489 e. The van der Waals surface area contributed by atoms with Crippen molar-refractivity contribution in [1.82, 2.24) is 9.78 Å². The predicted molar refractivity (Wildman–Crippen MR) is 136 cm³/mol. The van der Waals surface area contributed by atoms with Crippen LogP contribution in [0, 0.1) is 0 Å². The van der Waals surface area contributed by atoms with Crippen molar-refractivity contribution in [2.45, 2.75) is 13.2 Å². The molecule has 0 bridgehead atoms. The Hall–Kier alpha value is -2.51. The number of benzene rings is 3. The molecule has 0 saturated carbocycles. The molecule has 0 saturated heterocycles. The maximum absolute atomic E-state index is 12.7. The number of anilines is 1. The molecule has 5 nitrogen and oxygen atoms in total. The minimum absolute atomic E-state index is 0.266. The van der Waals surface area contributed by atoms with Crippen LogP contribution in [0.15, 0.2) is 77.4 Å². The molecule has 9 heteroatoms. The zero-order chi connectivity index (χ0) is 23.4. The molecular weight excluding hydrogens is 549 g/mol. The van der Waals surface area contributed by atoms with Gasteiger partial charge in [-0.1, -0.05) is 59.1 Å². The van der Waals surface area contributed by atoms with Gasteiger partial charge in [0, 0.05) is 16.8 Å². The van der Waals surface area contributed by atoms with Crippen LogP contribution in [-0.4, -0.2) is 15.7 Å². The summed E-state index contributed by atoms with van der Waals surface area (Å²) >= 11 is 21.5. The minimum Gasteiger partial charge on any atom is -0.489 e. The van der Waals surface area contributed by atoms with Crippen LogP contribution in [0.4, 0.5) is 5.82 Å². The molecule has 1 heterocycles. The molecule has 1 N–H and O–H groups in total. The predicted octanol–water partition coefficient (Wildman–Crippen LogP) is 7.49. The van der Waals surface area contributed by atoms with E-state index in [1.54, 1.807) is 47.3 Å². The Morgan fingerprint density at radius 2 is 1.73 bits per heavy atom. The zero-order valence-corrected chi connectivity index (χ0v) is 20.9. The molecule has 3 aromatic carbocycles. The number of halogens is 4. The fourth-order valence-electron chi connectivity index (χ4n) is 3.04. The Morgan fingerprint density at radius 3 is 2.45 bits per heavy atom. The van der Waals surface area contributed by atoms with Crippen molar-refractivity contribution in [3.63, 3.8) is 0 Å². The Balaban J connectivity index is 1.37. The van der Waals surface area contributed by atoms with E-state index in [2.05, 4.69) is 26.3 Å². The highest BCUT2D eigenvalue weighted by molar-refractivity contribution is 9.10. The van der Waals surface area contributed by atoms with Crippen LogP contribution < -0.4 is 10.1 Å². The third-order valence-electron chi connectivity index (χ3n) is 4.70. The van der Waals surface area contributed by atoms with Gasteiger partial charge in [0.15, 0.2) is 5.82 Å². The molecule has 0 radical (unpaired) electrons. The summed E-state index contributed by atoms with van der Waals surface area (Å²) in [6.07, 6.45) is 1.79. The standard InChI is InChI=1S/C24H17BrCl3N3O2/c25-20-13-31(12-16-6-9-21(27)22(28)10-16)30-23(20)29-24(32)17-7-4-15(5-8-17)14-33-19-3-1-2-18(26)11-19/h1-11,13H,12,14H2,(H,29,30,32). The average Bonchev–Trinajstić information content (AvgIpc) is 3.13. The minimum atomic E-state index is -0.266. The van der Waals surface area contributed by atoms with Crippen LogP contribution in [0.3, 0.4) is 0 Å². The third-order valence-corrected chi connectivity index (χ3v) is 6.25. The quantitative estimate of drug-likeness (QED) is 0.253. The number of hydrogen-bond acceptors (Lipinski definition) is 3. The lowest BCUT2D eigenvalue weighted by Crippen LogP contribution is -2.13. The number of carbonyl (C=O) groups excluding carboxylic acids is 1. The van der Waals surface area contributed by atoms with Gasteiger partial charge in [0.05, 0.1) is 21.1 Å². The van der Waals surface area contributed by atoms with Gasteiger partial charge in [-0.2, -0.15) is 5.10 Å². The molecule has 168 valence electrons. The van der Waals surface area contributed by atoms with E-state index < -0.39 is 0 Å². The highest BCUT2D eigenvalue weighted by atomic mass is 79.9. The van der Waals surface area contributed by atoms with Crippen LogP contribution in [-0.2, 0) is 13.2 Å². The molecule has 1 aromatic heterocycles. The molecule has 0 atom stereocenters. The van der Waals surface area contributed by atoms with E-state index in [1.807, 2.05) is 30.3 Å². The Bertz CT molecular complexity index is 1290. The van der Waals surface area contributed by atoms with Gasteiger partial charge in [0.25, 0.3) is 5.91 Å². The van der Waals surface area contributed by atoms with Crippen molar-refractivity contribution in [3.8, 4) is 5.75 Å². The molecule has 0 aliphatic rings. The van der Waals surface area contributed by atoms with Crippen LogP contribution >= 0.6 is 50.7 Å². The number of carbonyl (C=O) groups is 1. The first-order valence-electron chi connectivity index (χ1n) is 9.83. The first kappa shape index (κ1) is 23.6. The molecule has 0 aliphatic carbocycles. The number of hydrogen-bond donors (Lipinski definition) is 1. The summed E-state index contributed by atoms with van der Waals surface area (Å²) in [5.74, 6) is 0.844. The van der Waals surface area contributed by atoms with Crippen molar-refractivity contribution in [1.29, 1.82) is 0 Å². The van der Waals surface area contributed by atoms with E-state index in [4.69, 9.17) is 39.5 Å². The number of aromatic nitrogens is 2. The summed E-state index contributed by atoms with van der Waals surface area (Å²) in [5, 5.41) is 8.86. The molecule has 0 unspecified atom stereocenters. The molecule has 0 fully saturated rings. The van der Waals surface area contributed by atoms with Crippen molar-refractivity contribution < 1.29 is 9.53 Å². The second-order valence-electron chi connectivity index (χ2n) is 7.17. The number of nitrogens with one attached hydrogen (secondary N) is 1. The molecule has 1 amide bonds. The summed E-state index contributed by atoms with van der Waals surface area (Å²) in [6, 6.07) is 19.8. The fraction of sp³-hybridized carbons (Fsp3) is 0.0833. The number of amides is 1. The summed E-state index contributed by atoms with van der Waals surface area (Å²) in [5.41, 5.74) is 2.37. The monoisotopic (exact) mass is 563 g/mol. The molecule has 0 aliphatic heterocycles. The van der Waals surface area contributed by atoms with E-state index >= 15 is 0 Å². The Labute approximate surface area is 214 Å². The van der Waals surface area contributed by atoms with Crippen LogP contribution in [0.2, 0.25) is 15.1 Å². The van der Waals surface area contributed by atoms with Gasteiger partial charge in [-0.15, -0.1) is 0 Å². The van der Waals surface area contributed by atoms with E-state index in [9.17, 15) is 4.79 Å². The lowest BCUT2D eigenvalue weighted by molar-refractivity contribution is 0.102.